The van der Waals surface area contributed by atoms with E-state index in [4.69, 9.17) is 0 Å². The third-order valence-corrected chi connectivity index (χ3v) is 1.81. The van der Waals surface area contributed by atoms with Crippen LogP contribution in [0.4, 0.5) is 0 Å². The third kappa shape index (κ3) is 1.54. The Morgan fingerprint density at radius 2 is 2.56 bits per heavy atom. The molecule has 0 N–H and O–H groups in total. The van der Waals surface area contributed by atoms with Crippen molar-refractivity contribution in [1.82, 2.24) is 0 Å². The van der Waals surface area contributed by atoms with Crippen molar-refractivity contribution in [3.63, 3.8) is 0 Å². The van der Waals surface area contributed by atoms with Gasteiger partial charge in [0, 0.05) is 0 Å². The largest absolute Gasteiger partial charge is 0.418 e. The number of carbonyl (C=O) groups is 1. The highest BCUT2D eigenvalue weighted by Gasteiger charge is 1.93. The van der Waals surface area contributed by atoms with E-state index < -0.39 is 0 Å². The van der Waals surface area contributed by atoms with Gasteiger partial charge in [-0.1, -0.05) is 0 Å². The summed E-state index contributed by atoms with van der Waals surface area (Å²) in [6, 6.07) is 1.82. The summed E-state index contributed by atoms with van der Waals surface area (Å²) in [7, 11) is 0. The molecule has 9 heavy (non-hydrogen) atoms. The van der Waals surface area contributed by atoms with Crippen LogP contribution in [0.3, 0.4) is 0 Å². The Balaban J connectivity index is 2.72. The fourth-order valence-electron chi connectivity index (χ4n) is 0.514. The van der Waals surface area contributed by atoms with Gasteiger partial charge in [0.15, 0.2) is 5.06 Å². The Labute approximate surface area is 57.1 Å². The minimum atomic E-state index is 0.436. The Bertz CT molecular complexity index is 205. The standard InChI is InChI=1S/C6H6O2S/c1-5-2-6(8-4-7)9-3-5/h2-4H,1H3. The quantitative estimate of drug-likeness (QED) is 0.586. The summed E-state index contributed by atoms with van der Waals surface area (Å²) in [5, 5.41) is 2.58. The molecule has 0 saturated carbocycles. The minimum absolute atomic E-state index is 0.436. The lowest BCUT2D eigenvalue weighted by Crippen LogP contribution is -1.82. The average molecular weight is 142 g/mol. The number of aryl methyl sites for hydroxylation is 1. The van der Waals surface area contributed by atoms with Crippen LogP contribution >= 0.6 is 11.3 Å². The smallest absolute Gasteiger partial charge is 0.299 e. The van der Waals surface area contributed by atoms with Gasteiger partial charge < -0.3 is 4.74 Å². The van der Waals surface area contributed by atoms with Gasteiger partial charge in [-0.15, -0.1) is 11.3 Å². The first-order valence-electron chi connectivity index (χ1n) is 2.48. The van der Waals surface area contributed by atoms with Crippen LogP contribution in [0, 0.1) is 6.92 Å². The first-order chi connectivity index (χ1) is 4.33. The van der Waals surface area contributed by atoms with Crippen molar-refractivity contribution in [2.75, 3.05) is 0 Å². The molecule has 0 spiro atoms. The van der Waals surface area contributed by atoms with Gasteiger partial charge in [0.05, 0.1) is 0 Å². The maximum absolute atomic E-state index is 9.77. The summed E-state index contributed by atoms with van der Waals surface area (Å²) >= 11 is 1.42. The topological polar surface area (TPSA) is 26.3 Å². The van der Waals surface area contributed by atoms with E-state index in [-0.39, 0.29) is 0 Å². The summed E-state index contributed by atoms with van der Waals surface area (Å²) in [4.78, 5) is 9.77. The Morgan fingerprint density at radius 3 is 3.00 bits per heavy atom. The van der Waals surface area contributed by atoms with Gasteiger partial charge in [-0.3, -0.25) is 4.79 Å². The fraction of sp³-hybridized carbons (Fsp3) is 0.167. The molecule has 1 aromatic rings. The van der Waals surface area contributed by atoms with Gasteiger partial charge in [-0.05, 0) is 23.9 Å². The first kappa shape index (κ1) is 6.29. The maximum Gasteiger partial charge on any atom is 0.299 e. The van der Waals surface area contributed by atoms with Crippen LogP contribution in [0.1, 0.15) is 5.56 Å². The summed E-state index contributed by atoms with van der Waals surface area (Å²) in [6.45, 7) is 2.39. The monoisotopic (exact) mass is 142 g/mol. The maximum atomic E-state index is 9.77. The van der Waals surface area contributed by atoms with Crippen molar-refractivity contribution in [3.8, 4) is 5.06 Å². The van der Waals surface area contributed by atoms with Crippen LogP contribution in [0.5, 0.6) is 5.06 Å². The zero-order valence-corrected chi connectivity index (χ0v) is 5.77. The molecule has 0 amide bonds. The van der Waals surface area contributed by atoms with Gasteiger partial charge in [0.1, 0.15) is 0 Å². The normalized spacial score (nSPS) is 9.00. The molecule has 1 rings (SSSR count). The molecule has 0 radical (unpaired) electrons. The van der Waals surface area contributed by atoms with E-state index in [0.29, 0.717) is 11.5 Å². The second-order valence-electron chi connectivity index (χ2n) is 1.66. The lowest BCUT2D eigenvalue weighted by molar-refractivity contribution is -0.120. The minimum Gasteiger partial charge on any atom is -0.418 e. The van der Waals surface area contributed by atoms with Crippen molar-refractivity contribution in [2.24, 2.45) is 0 Å². The molecule has 48 valence electrons. The van der Waals surface area contributed by atoms with E-state index in [9.17, 15) is 4.79 Å². The molecular weight excluding hydrogens is 136 g/mol. The highest BCUT2D eigenvalue weighted by Crippen LogP contribution is 2.21. The second kappa shape index (κ2) is 2.64. The molecule has 0 fully saturated rings. The molecular formula is C6H6O2S. The summed E-state index contributed by atoms with van der Waals surface area (Å²) in [5.41, 5.74) is 1.12. The predicted molar refractivity (Wildman–Crippen MR) is 35.7 cm³/mol. The first-order valence-corrected chi connectivity index (χ1v) is 3.36. The fourth-order valence-corrected chi connectivity index (χ4v) is 1.23. The predicted octanol–water partition coefficient (Wildman–Crippen LogP) is 1.59. The Hall–Kier alpha value is -0.830. The molecule has 0 unspecified atom stereocenters. The lowest BCUT2D eigenvalue weighted by atomic mass is 10.4. The Morgan fingerprint density at radius 1 is 1.78 bits per heavy atom. The van der Waals surface area contributed by atoms with Crippen molar-refractivity contribution in [3.05, 3.63) is 17.0 Å². The van der Waals surface area contributed by atoms with Crippen molar-refractivity contribution in [1.29, 1.82) is 0 Å². The van der Waals surface area contributed by atoms with E-state index in [0.717, 1.165) is 5.56 Å². The molecule has 0 aromatic carbocycles. The molecule has 0 aliphatic heterocycles. The number of ether oxygens (including phenoxy) is 1. The van der Waals surface area contributed by atoms with Crippen LogP contribution < -0.4 is 4.74 Å². The molecule has 1 aromatic heterocycles. The van der Waals surface area contributed by atoms with Gasteiger partial charge in [0.2, 0.25) is 0 Å². The van der Waals surface area contributed by atoms with Crippen LogP contribution in [-0.2, 0) is 4.79 Å². The molecule has 0 aliphatic rings. The van der Waals surface area contributed by atoms with Crippen molar-refractivity contribution in [2.45, 2.75) is 6.92 Å². The van der Waals surface area contributed by atoms with Crippen LogP contribution in [-0.4, -0.2) is 6.47 Å². The molecule has 2 nitrogen and oxygen atoms in total. The molecule has 0 saturated heterocycles. The number of carbonyl (C=O) groups excluding carboxylic acids is 1. The van der Waals surface area contributed by atoms with E-state index in [1.807, 2.05) is 18.4 Å². The summed E-state index contributed by atoms with van der Waals surface area (Å²) in [5.74, 6) is 0. The highest BCUT2D eigenvalue weighted by atomic mass is 32.1. The van der Waals surface area contributed by atoms with Gasteiger partial charge in [0.25, 0.3) is 6.47 Å². The second-order valence-corrected chi connectivity index (χ2v) is 2.53. The Kier molecular flexibility index (Phi) is 1.85. The van der Waals surface area contributed by atoms with E-state index >= 15 is 0 Å². The summed E-state index contributed by atoms with van der Waals surface area (Å²) in [6.07, 6.45) is 0. The third-order valence-electron chi connectivity index (χ3n) is 0.871. The number of rotatable bonds is 2. The van der Waals surface area contributed by atoms with Gasteiger partial charge >= 0.3 is 0 Å². The number of thiophene rings is 1. The zero-order chi connectivity index (χ0) is 6.69. The molecule has 0 aliphatic carbocycles. The molecule has 1 heterocycles. The van der Waals surface area contributed by atoms with Crippen molar-refractivity contribution >= 4 is 17.8 Å². The van der Waals surface area contributed by atoms with E-state index in [1.165, 1.54) is 11.3 Å². The zero-order valence-electron chi connectivity index (χ0n) is 4.96. The van der Waals surface area contributed by atoms with Crippen LogP contribution in [0.2, 0.25) is 0 Å². The lowest BCUT2D eigenvalue weighted by Gasteiger charge is -1.84. The number of hydrogen-bond donors (Lipinski definition) is 0. The molecule has 0 atom stereocenters. The van der Waals surface area contributed by atoms with Gasteiger partial charge in [-0.2, -0.15) is 0 Å². The van der Waals surface area contributed by atoms with Crippen LogP contribution in [0.15, 0.2) is 11.4 Å². The summed E-state index contributed by atoms with van der Waals surface area (Å²) < 4.78 is 4.56. The van der Waals surface area contributed by atoms with Crippen LogP contribution in [0.25, 0.3) is 0 Å². The average Bonchev–Trinajstić information content (AvgIpc) is 2.17. The van der Waals surface area contributed by atoms with E-state index in [1.54, 1.807) is 0 Å². The SMILES string of the molecule is Cc1csc(OC=O)c1. The number of hydrogen-bond acceptors (Lipinski definition) is 3. The van der Waals surface area contributed by atoms with Crippen molar-refractivity contribution < 1.29 is 9.53 Å². The van der Waals surface area contributed by atoms with Gasteiger partial charge in [-0.25, -0.2) is 0 Å². The molecule has 3 heteroatoms. The highest BCUT2D eigenvalue weighted by molar-refractivity contribution is 7.12. The van der Waals surface area contributed by atoms with E-state index in [2.05, 4.69) is 4.74 Å². The molecule has 0 bridgehead atoms.